The van der Waals surface area contributed by atoms with Crippen molar-refractivity contribution in [2.24, 2.45) is 0 Å². The van der Waals surface area contributed by atoms with Crippen molar-refractivity contribution < 1.29 is 23.9 Å². The molecule has 2 aromatic rings. The van der Waals surface area contributed by atoms with Crippen molar-refractivity contribution in [1.29, 1.82) is 0 Å². The van der Waals surface area contributed by atoms with Crippen LogP contribution in [0.2, 0.25) is 0 Å². The number of ether oxygens (including phenoxy) is 2. The Bertz CT molecular complexity index is 880. The molecule has 26 heavy (non-hydrogen) atoms. The third kappa shape index (κ3) is 3.06. The highest BCUT2D eigenvalue weighted by Gasteiger charge is 2.32. The smallest absolute Gasteiger partial charge is 0.330 e. The van der Waals surface area contributed by atoms with Crippen LogP contribution < -0.4 is 4.74 Å². The Hall–Kier alpha value is -3.15. The number of esters is 1. The molecule has 0 unspecified atom stereocenters. The molecule has 0 saturated heterocycles. The van der Waals surface area contributed by atoms with Crippen molar-refractivity contribution in [2.45, 2.75) is 13.3 Å². The number of carbonyl (C=O) groups excluding carboxylic acids is 3. The molecule has 0 bridgehead atoms. The molecule has 1 heterocycles. The molecular formula is C20H19NO5. The molecule has 134 valence electrons. The number of imide groups is 1. The molecule has 1 aliphatic heterocycles. The molecule has 6 nitrogen and oxygen atoms in total. The van der Waals surface area contributed by atoms with Gasteiger partial charge < -0.3 is 9.47 Å². The van der Waals surface area contributed by atoms with E-state index in [9.17, 15) is 14.4 Å². The first kappa shape index (κ1) is 17.7. The largest absolute Gasteiger partial charge is 0.493 e. The second kappa shape index (κ2) is 7.39. The fourth-order valence-electron chi connectivity index (χ4n) is 3.01. The summed E-state index contributed by atoms with van der Waals surface area (Å²) in [6, 6.07) is 8.76. The van der Waals surface area contributed by atoms with Crippen molar-refractivity contribution in [3.8, 4) is 5.75 Å². The fourth-order valence-corrected chi connectivity index (χ4v) is 3.01. The minimum atomic E-state index is -0.468. The topological polar surface area (TPSA) is 72.9 Å². The maximum Gasteiger partial charge on any atom is 0.330 e. The normalized spacial score (nSPS) is 13.0. The number of rotatable bonds is 7. The molecule has 2 aromatic carbocycles. The second-order valence-electron chi connectivity index (χ2n) is 5.77. The van der Waals surface area contributed by atoms with E-state index in [0.717, 1.165) is 11.5 Å². The van der Waals surface area contributed by atoms with E-state index in [0.29, 0.717) is 41.8 Å². The van der Waals surface area contributed by atoms with Gasteiger partial charge in [-0.25, -0.2) is 4.79 Å². The average Bonchev–Trinajstić information content (AvgIpc) is 2.66. The van der Waals surface area contributed by atoms with Crippen LogP contribution in [0, 0.1) is 0 Å². The van der Waals surface area contributed by atoms with E-state index in [-0.39, 0.29) is 18.4 Å². The highest BCUT2D eigenvalue weighted by Crippen LogP contribution is 2.35. The third-order valence-electron chi connectivity index (χ3n) is 4.23. The van der Waals surface area contributed by atoms with Crippen molar-refractivity contribution in [3.63, 3.8) is 0 Å². The van der Waals surface area contributed by atoms with Gasteiger partial charge in [-0.05, 0) is 25.1 Å². The van der Waals surface area contributed by atoms with Crippen molar-refractivity contribution >= 4 is 28.6 Å². The fraction of sp³-hybridized carbons (Fsp3) is 0.250. The van der Waals surface area contributed by atoms with E-state index in [1.165, 1.54) is 4.90 Å². The first-order valence-electron chi connectivity index (χ1n) is 8.42. The van der Waals surface area contributed by atoms with Gasteiger partial charge in [0.25, 0.3) is 11.8 Å². The molecule has 0 saturated carbocycles. The maximum absolute atomic E-state index is 12.6. The van der Waals surface area contributed by atoms with E-state index in [2.05, 4.69) is 6.58 Å². The van der Waals surface area contributed by atoms with Crippen molar-refractivity contribution in [1.82, 2.24) is 4.90 Å². The first-order valence-corrected chi connectivity index (χ1v) is 8.42. The Balaban J connectivity index is 1.84. The summed E-state index contributed by atoms with van der Waals surface area (Å²) in [7, 11) is 0. The molecule has 1 aliphatic rings. The highest BCUT2D eigenvalue weighted by molar-refractivity contribution is 6.26. The van der Waals surface area contributed by atoms with Crippen molar-refractivity contribution in [2.75, 3.05) is 19.8 Å². The van der Waals surface area contributed by atoms with Crippen LogP contribution in [0.3, 0.4) is 0 Å². The van der Waals surface area contributed by atoms with Gasteiger partial charge in [-0.15, -0.1) is 0 Å². The Labute approximate surface area is 151 Å². The van der Waals surface area contributed by atoms with Gasteiger partial charge in [-0.3, -0.25) is 14.5 Å². The monoisotopic (exact) mass is 353 g/mol. The van der Waals surface area contributed by atoms with E-state index in [4.69, 9.17) is 9.47 Å². The molecule has 0 N–H and O–H groups in total. The van der Waals surface area contributed by atoms with Gasteiger partial charge in [0.1, 0.15) is 5.75 Å². The summed E-state index contributed by atoms with van der Waals surface area (Å²) in [5, 5.41) is 1.35. The second-order valence-corrected chi connectivity index (χ2v) is 5.77. The van der Waals surface area contributed by atoms with Crippen LogP contribution in [0.5, 0.6) is 5.75 Å². The summed E-state index contributed by atoms with van der Waals surface area (Å²) in [5.41, 5.74) is 1.01. The van der Waals surface area contributed by atoms with Gasteiger partial charge in [0, 0.05) is 40.9 Å². The first-order chi connectivity index (χ1) is 12.6. The van der Waals surface area contributed by atoms with Crippen LogP contribution in [-0.2, 0) is 9.53 Å². The molecule has 0 spiro atoms. The number of benzene rings is 2. The van der Waals surface area contributed by atoms with Crippen LogP contribution in [0.4, 0.5) is 0 Å². The molecular weight excluding hydrogens is 334 g/mol. The van der Waals surface area contributed by atoms with Crippen LogP contribution in [0.1, 0.15) is 34.1 Å². The molecule has 3 rings (SSSR count). The lowest BCUT2D eigenvalue weighted by molar-refractivity contribution is -0.137. The molecule has 0 aromatic heterocycles. The Kier molecular flexibility index (Phi) is 5.02. The zero-order valence-corrected chi connectivity index (χ0v) is 14.5. The van der Waals surface area contributed by atoms with Crippen LogP contribution in [0.15, 0.2) is 43.0 Å². The Morgan fingerprint density at radius 3 is 2.54 bits per heavy atom. The quantitative estimate of drug-likeness (QED) is 0.331. The maximum atomic E-state index is 12.6. The van der Waals surface area contributed by atoms with Crippen molar-refractivity contribution in [3.05, 3.63) is 54.1 Å². The van der Waals surface area contributed by atoms with E-state index < -0.39 is 5.97 Å². The number of amides is 2. The third-order valence-corrected chi connectivity index (χ3v) is 4.23. The van der Waals surface area contributed by atoms with E-state index >= 15 is 0 Å². The molecule has 0 fully saturated rings. The number of hydrogen-bond donors (Lipinski definition) is 0. The summed E-state index contributed by atoms with van der Waals surface area (Å²) < 4.78 is 10.7. The van der Waals surface area contributed by atoms with Crippen LogP contribution in [0.25, 0.3) is 10.8 Å². The number of hydrogen-bond acceptors (Lipinski definition) is 5. The average molecular weight is 353 g/mol. The predicted octanol–water partition coefficient (Wildman–Crippen LogP) is 2.95. The van der Waals surface area contributed by atoms with Gasteiger partial charge in [-0.1, -0.05) is 18.7 Å². The molecule has 0 radical (unpaired) electrons. The Morgan fingerprint density at radius 2 is 1.85 bits per heavy atom. The highest BCUT2D eigenvalue weighted by atomic mass is 16.5. The van der Waals surface area contributed by atoms with Crippen LogP contribution in [-0.4, -0.2) is 42.4 Å². The van der Waals surface area contributed by atoms with Gasteiger partial charge in [0.05, 0.1) is 13.2 Å². The Morgan fingerprint density at radius 1 is 1.12 bits per heavy atom. The standard InChI is InChI=1S/C20H19NO5/c1-3-17(22)26-12-6-11-25-16-10-9-15-18-13(16)7-5-8-14(18)19(23)21(4-2)20(15)24/h3,5,7-10H,1,4,6,11-12H2,2H3. The summed E-state index contributed by atoms with van der Waals surface area (Å²) in [5.74, 6) is -0.455. The van der Waals surface area contributed by atoms with Gasteiger partial charge in [-0.2, -0.15) is 0 Å². The molecule has 6 heteroatoms. The molecule has 0 atom stereocenters. The molecule has 2 amide bonds. The van der Waals surface area contributed by atoms with Crippen LogP contribution >= 0.6 is 0 Å². The summed E-state index contributed by atoms with van der Waals surface area (Å²) >= 11 is 0. The minimum Gasteiger partial charge on any atom is -0.493 e. The lowest BCUT2D eigenvalue weighted by atomic mass is 9.93. The van der Waals surface area contributed by atoms with E-state index in [1.807, 2.05) is 6.07 Å². The lowest BCUT2D eigenvalue weighted by Gasteiger charge is -2.26. The van der Waals surface area contributed by atoms with E-state index in [1.54, 1.807) is 31.2 Å². The number of nitrogens with zero attached hydrogens (tertiary/aromatic N) is 1. The minimum absolute atomic E-state index is 0.231. The zero-order chi connectivity index (χ0) is 18.7. The predicted molar refractivity (Wildman–Crippen MR) is 96.3 cm³/mol. The molecule has 0 aliphatic carbocycles. The number of carbonyl (C=O) groups is 3. The SMILES string of the molecule is C=CC(=O)OCCCOc1ccc2c3c(cccc13)C(=O)N(CC)C2=O. The summed E-state index contributed by atoms with van der Waals surface area (Å²) in [6.45, 7) is 6.00. The van der Waals surface area contributed by atoms with Gasteiger partial charge in [0.15, 0.2) is 0 Å². The lowest BCUT2D eigenvalue weighted by Crippen LogP contribution is -2.40. The summed E-state index contributed by atoms with van der Waals surface area (Å²) in [4.78, 5) is 37.4. The van der Waals surface area contributed by atoms with Gasteiger partial charge in [0.2, 0.25) is 0 Å². The van der Waals surface area contributed by atoms with Gasteiger partial charge >= 0.3 is 5.97 Å². The summed E-state index contributed by atoms with van der Waals surface area (Å²) in [6.07, 6.45) is 1.63. The zero-order valence-electron chi connectivity index (χ0n) is 14.5.